The predicted octanol–water partition coefficient (Wildman–Crippen LogP) is 3.41. The molecule has 2 amide bonds. The van der Waals surface area contributed by atoms with Gasteiger partial charge in [0, 0.05) is 36.4 Å². The van der Waals surface area contributed by atoms with Gasteiger partial charge in [0.2, 0.25) is 5.91 Å². The topological polar surface area (TPSA) is 67.2 Å². The van der Waals surface area contributed by atoms with Crippen molar-refractivity contribution in [2.75, 3.05) is 17.3 Å². The molecule has 0 spiro atoms. The first-order chi connectivity index (χ1) is 13.0. The van der Waals surface area contributed by atoms with Crippen molar-refractivity contribution in [3.63, 3.8) is 0 Å². The van der Waals surface area contributed by atoms with Gasteiger partial charge in [-0.25, -0.2) is 9.07 Å². The van der Waals surface area contributed by atoms with E-state index in [9.17, 15) is 14.0 Å². The zero-order valence-electron chi connectivity index (χ0n) is 14.6. The molecule has 0 aliphatic heterocycles. The molecule has 6 nitrogen and oxygen atoms in total. The highest BCUT2D eigenvalue weighted by atomic mass is 19.1. The van der Waals surface area contributed by atoms with Crippen molar-refractivity contribution in [2.24, 2.45) is 0 Å². The van der Waals surface area contributed by atoms with Gasteiger partial charge in [0.15, 0.2) is 5.82 Å². The van der Waals surface area contributed by atoms with Crippen molar-refractivity contribution in [1.29, 1.82) is 0 Å². The molecule has 7 heteroatoms. The van der Waals surface area contributed by atoms with Crippen molar-refractivity contribution in [2.45, 2.75) is 0 Å². The van der Waals surface area contributed by atoms with Crippen LogP contribution in [-0.2, 0) is 4.79 Å². The van der Waals surface area contributed by atoms with Crippen LogP contribution in [0, 0.1) is 5.82 Å². The Balaban J connectivity index is 1.73. The van der Waals surface area contributed by atoms with E-state index >= 15 is 0 Å². The van der Waals surface area contributed by atoms with Crippen molar-refractivity contribution in [3.8, 4) is 5.69 Å². The number of nitrogens with one attached hydrogen (secondary N) is 1. The molecule has 3 aromatic rings. The number of amides is 2. The van der Waals surface area contributed by atoms with Crippen molar-refractivity contribution < 1.29 is 14.0 Å². The van der Waals surface area contributed by atoms with Gasteiger partial charge in [0.1, 0.15) is 5.69 Å². The fourth-order valence-corrected chi connectivity index (χ4v) is 2.49. The third-order valence-corrected chi connectivity index (χ3v) is 3.98. The number of benzene rings is 2. The monoisotopic (exact) mass is 364 g/mol. The highest BCUT2D eigenvalue weighted by Gasteiger charge is 2.11. The van der Waals surface area contributed by atoms with Gasteiger partial charge < -0.3 is 10.2 Å². The molecule has 0 fully saturated rings. The Hall–Kier alpha value is -3.74. The number of likely N-dealkylation sites (N-methyl/N-ethyl adjacent to an activating group) is 1. The van der Waals surface area contributed by atoms with Crippen LogP contribution in [0.3, 0.4) is 0 Å². The number of rotatable bonds is 5. The van der Waals surface area contributed by atoms with E-state index in [1.54, 1.807) is 55.8 Å². The van der Waals surface area contributed by atoms with E-state index in [1.165, 1.54) is 27.8 Å². The van der Waals surface area contributed by atoms with Crippen molar-refractivity contribution in [3.05, 3.63) is 85.0 Å². The Labute approximate surface area is 155 Å². The molecular weight excluding hydrogens is 347 g/mol. The zero-order chi connectivity index (χ0) is 19.4. The lowest BCUT2D eigenvalue weighted by atomic mass is 10.1. The van der Waals surface area contributed by atoms with Crippen LogP contribution in [-0.4, -0.2) is 28.6 Å². The summed E-state index contributed by atoms with van der Waals surface area (Å²) >= 11 is 0. The van der Waals surface area contributed by atoms with E-state index in [1.807, 2.05) is 0 Å². The van der Waals surface area contributed by atoms with E-state index < -0.39 is 5.82 Å². The number of halogens is 1. The molecule has 0 radical (unpaired) electrons. The Morgan fingerprint density at radius 2 is 1.96 bits per heavy atom. The maximum atomic E-state index is 14.3. The number of nitrogens with zero attached hydrogens (tertiary/aromatic N) is 3. The molecule has 0 aliphatic carbocycles. The van der Waals surface area contributed by atoms with E-state index in [4.69, 9.17) is 0 Å². The second-order valence-electron chi connectivity index (χ2n) is 5.72. The van der Waals surface area contributed by atoms with Gasteiger partial charge in [-0.2, -0.15) is 5.10 Å². The van der Waals surface area contributed by atoms with Gasteiger partial charge in [0.25, 0.3) is 5.91 Å². The summed E-state index contributed by atoms with van der Waals surface area (Å²) in [6, 6.07) is 12.5. The van der Waals surface area contributed by atoms with Gasteiger partial charge in [-0.1, -0.05) is 6.58 Å². The average molecular weight is 364 g/mol. The molecule has 1 N–H and O–H groups in total. The second-order valence-corrected chi connectivity index (χ2v) is 5.72. The van der Waals surface area contributed by atoms with Crippen LogP contribution in [0.2, 0.25) is 0 Å². The van der Waals surface area contributed by atoms with Crippen LogP contribution in [0.1, 0.15) is 10.4 Å². The molecule has 0 saturated heterocycles. The summed E-state index contributed by atoms with van der Waals surface area (Å²) < 4.78 is 15.7. The number of anilines is 2. The number of hydrogen-bond donors (Lipinski definition) is 1. The first-order valence-corrected chi connectivity index (χ1v) is 8.10. The van der Waals surface area contributed by atoms with Crippen LogP contribution in [0.15, 0.2) is 73.6 Å². The minimum absolute atomic E-state index is 0.250. The highest BCUT2D eigenvalue weighted by Crippen LogP contribution is 2.19. The summed E-state index contributed by atoms with van der Waals surface area (Å²) in [5.74, 6) is -1.14. The Morgan fingerprint density at radius 3 is 2.56 bits per heavy atom. The number of aromatic nitrogens is 2. The summed E-state index contributed by atoms with van der Waals surface area (Å²) in [5, 5.41) is 6.63. The summed E-state index contributed by atoms with van der Waals surface area (Å²) in [5.41, 5.74) is 1.63. The highest BCUT2D eigenvalue weighted by molar-refractivity contribution is 6.05. The van der Waals surface area contributed by atoms with Gasteiger partial charge >= 0.3 is 0 Å². The van der Waals surface area contributed by atoms with Gasteiger partial charge in [-0.3, -0.25) is 9.59 Å². The standard InChI is InChI=1S/C20H17FN4O2/c1-3-19(26)24(2)16-8-5-14(6-9-16)20(27)23-15-7-10-18(17(21)13-15)25-12-4-11-22-25/h3-13H,1H2,2H3,(H,23,27). The van der Waals surface area contributed by atoms with Crippen LogP contribution in [0.5, 0.6) is 0 Å². The number of carbonyl (C=O) groups excluding carboxylic acids is 2. The van der Waals surface area contributed by atoms with E-state index in [2.05, 4.69) is 17.0 Å². The van der Waals surface area contributed by atoms with E-state index in [0.29, 0.717) is 16.9 Å². The van der Waals surface area contributed by atoms with Crippen LogP contribution in [0.25, 0.3) is 5.69 Å². The smallest absolute Gasteiger partial charge is 0.255 e. The van der Waals surface area contributed by atoms with Gasteiger partial charge in [0.05, 0.1) is 0 Å². The number of carbonyl (C=O) groups is 2. The SMILES string of the molecule is C=CC(=O)N(C)c1ccc(C(=O)Nc2ccc(-n3cccn3)c(F)c2)cc1. The lowest BCUT2D eigenvalue weighted by molar-refractivity contribution is -0.113. The van der Waals surface area contributed by atoms with E-state index in [0.717, 1.165) is 0 Å². The molecular formula is C20H17FN4O2. The molecule has 2 aromatic carbocycles. The van der Waals surface area contributed by atoms with E-state index in [-0.39, 0.29) is 17.5 Å². The molecule has 136 valence electrons. The molecule has 0 saturated carbocycles. The molecule has 1 heterocycles. The Morgan fingerprint density at radius 1 is 1.22 bits per heavy atom. The first-order valence-electron chi connectivity index (χ1n) is 8.10. The Kier molecular flexibility index (Phi) is 5.12. The third kappa shape index (κ3) is 3.92. The average Bonchev–Trinajstić information content (AvgIpc) is 3.21. The minimum Gasteiger partial charge on any atom is -0.322 e. The maximum absolute atomic E-state index is 14.3. The van der Waals surface area contributed by atoms with Crippen molar-refractivity contribution in [1.82, 2.24) is 9.78 Å². The molecule has 3 rings (SSSR count). The lowest BCUT2D eigenvalue weighted by Crippen LogP contribution is -2.23. The fourth-order valence-electron chi connectivity index (χ4n) is 2.49. The third-order valence-electron chi connectivity index (χ3n) is 3.98. The van der Waals surface area contributed by atoms with Crippen LogP contribution >= 0.6 is 0 Å². The maximum Gasteiger partial charge on any atom is 0.255 e. The normalized spacial score (nSPS) is 10.3. The summed E-state index contributed by atoms with van der Waals surface area (Å²) in [6.07, 6.45) is 4.40. The molecule has 1 aromatic heterocycles. The molecule has 0 unspecified atom stereocenters. The van der Waals surface area contributed by atoms with Gasteiger partial charge in [-0.05, 0) is 54.6 Å². The fraction of sp³-hybridized carbons (Fsp3) is 0.0500. The van der Waals surface area contributed by atoms with Crippen LogP contribution in [0.4, 0.5) is 15.8 Å². The van der Waals surface area contributed by atoms with Crippen molar-refractivity contribution >= 4 is 23.2 Å². The summed E-state index contributed by atoms with van der Waals surface area (Å²) in [4.78, 5) is 25.4. The minimum atomic E-state index is -0.503. The largest absolute Gasteiger partial charge is 0.322 e. The molecule has 0 aliphatic rings. The molecule has 0 atom stereocenters. The summed E-state index contributed by atoms with van der Waals surface area (Å²) in [6.45, 7) is 3.44. The van der Waals surface area contributed by atoms with Crippen LogP contribution < -0.4 is 10.2 Å². The molecule has 0 bridgehead atoms. The lowest BCUT2D eigenvalue weighted by Gasteiger charge is -2.15. The number of hydrogen-bond acceptors (Lipinski definition) is 3. The van der Waals surface area contributed by atoms with Gasteiger partial charge in [-0.15, -0.1) is 0 Å². The predicted molar refractivity (Wildman–Crippen MR) is 102 cm³/mol. The second kappa shape index (κ2) is 7.65. The summed E-state index contributed by atoms with van der Waals surface area (Å²) in [7, 11) is 1.61. The zero-order valence-corrected chi connectivity index (χ0v) is 14.6. The quantitative estimate of drug-likeness (QED) is 0.706. The first kappa shape index (κ1) is 18.1. The Bertz CT molecular complexity index is 982. The molecule has 27 heavy (non-hydrogen) atoms.